The Balaban J connectivity index is 2.63. The second kappa shape index (κ2) is 6.75. The Labute approximate surface area is 143 Å². The third-order valence-corrected chi connectivity index (χ3v) is 4.37. The summed E-state index contributed by atoms with van der Waals surface area (Å²) in [5.41, 5.74) is 7.33. The second-order valence-electron chi connectivity index (χ2n) is 7.34. The van der Waals surface area contributed by atoms with Crippen molar-refractivity contribution >= 4 is 23.2 Å². The van der Waals surface area contributed by atoms with E-state index in [0.717, 1.165) is 34.5 Å². The highest BCUT2D eigenvalue weighted by Crippen LogP contribution is 2.40. The molecule has 2 amide bonds. The smallest absolute Gasteiger partial charge is 0.236 e. The molecule has 0 aromatic heterocycles. The van der Waals surface area contributed by atoms with E-state index in [2.05, 4.69) is 62.6 Å². The Morgan fingerprint density at radius 2 is 2.04 bits per heavy atom. The van der Waals surface area contributed by atoms with Crippen molar-refractivity contribution in [2.75, 3.05) is 5.32 Å². The molecule has 5 nitrogen and oxygen atoms in total. The lowest BCUT2D eigenvalue weighted by Crippen LogP contribution is -2.33. The minimum Gasteiger partial charge on any atom is -0.326 e. The van der Waals surface area contributed by atoms with Crippen LogP contribution in [0.15, 0.2) is 17.2 Å². The summed E-state index contributed by atoms with van der Waals surface area (Å²) in [6.45, 7) is 11.8. The van der Waals surface area contributed by atoms with E-state index >= 15 is 0 Å². The number of nitrogens with zero attached hydrogens (tertiary/aromatic N) is 1. The van der Waals surface area contributed by atoms with Crippen LogP contribution in [-0.4, -0.2) is 17.5 Å². The Bertz CT molecular complexity index is 703. The quantitative estimate of drug-likeness (QED) is 0.657. The van der Waals surface area contributed by atoms with E-state index in [9.17, 15) is 9.59 Å². The minimum atomic E-state index is -0.228. The van der Waals surface area contributed by atoms with Crippen LogP contribution in [-0.2, 0) is 21.4 Å². The highest BCUT2D eigenvalue weighted by Gasteiger charge is 2.33. The standard InChI is InChI=1S/C19H27N3O2/c1-7-13-8-14(17(11(2)3)22-21-12(4)23)9-15-18(13)20-16(24)10-19(15,5)6/h8-9,11H,7,10H2,1-6H3,(H,20,24)(H,21,23)/b22-17+. The van der Waals surface area contributed by atoms with Gasteiger partial charge in [0.15, 0.2) is 0 Å². The van der Waals surface area contributed by atoms with Crippen molar-refractivity contribution in [1.29, 1.82) is 0 Å². The lowest BCUT2D eigenvalue weighted by molar-refractivity contribution is -0.119. The first-order valence-corrected chi connectivity index (χ1v) is 8.47. The van der Waals surface area contributed by atoms with Gasteiger partial charge in [-0.25, -0.2) is 5.43 Å². The van der Waals surface area contributed by atoms with E-state index in [4.69, 9.17) is 0 Å². The van der Waals surface area contributed by atoms with Crippen LogP contribution in [0.4, 0.5) is 5.69 Å². The molecule has 130 valence electrons. The van der Waals surface area contributed by atoms with Gasteiger partial charge in [-0.15, -0.1) is 0 Å². The second-order valence-corrected chi connectivity index (χ2v) is 7.34. The van der Waals surface area contributed by atoms with Gasteiger partial charge in [0.25, 0.3) is 0 Å². The number of fused-ring (bicyclic) bond motifs is 1. The van der Waals surface area contributed by atoms with Crippen LogP contribution >= 0.6 is 0 Å². The average molecular weight is 329 g/mol. The first-order valence-electron chi connectivity index (χ1n) is 8.47. The summed E-state index contributed by atoms with van der Waals surface area (Å²) in [7, 11) is 0. The molecule has 0 saturated heterocycles. The number of benzene rings is 1. The van der Waals surface area contributed by atoms with Crippen LogP contribution < -0.4 is 10.7 Å². The molecule has 0 radical (unpaired) electrons. The van der Waals surface area contributed by atoms with Gasteiger partial charge in [0.2, 0.25) is 11.8 Å². The summed E-state index contributed by atoms with van der Waals surface area (Å²) < 4.78 is 0. The van der Waals surface area contributed by atoms with Crippen LogP contribution in [0.5, 0.6) is 0 Å². The number of aryl methyl sites for hydroxylation is 1. The fourth-order valence-electron chi connectivity index (χ4n) is 3.16. The number of anilines is 1. The fourth-order valence-corrected chi connectivity index (χ4v) is 3.16. The largest absolute Gasteiger partial charge is 0.326 e. The Kier molecular flexibility index (Phi) is 5.11. The maximum atomic E-state index is 12.0. The first-order chi connectivity index (χ1) is 11.2. The highest BCUT2D eigenvalue weighted by atomic mass is 16.2. The van der Waals surface area contributed by atoms with Crippen molar-refractivity contribution in [2.45, 2.75) is 59.8 Å². The van der Waals surface area contributed by atoms with Crippen LogP contribution in [0.25, 0.3) is 0 Å². The Morgan fingerprint density at radius 1 is 1.38 bits per heavy atom. The van der Waals surface area contributed by atoms with Crippen LogP contribution in [0, 0.1) is 5.92 Å². The van der Waals surface area contributed by atoms with E-state index in [-0.39, 0.29) is 23.1 Å². The molecular weight excluding hydrogens is 302 g/mol. The van der Waals surface area contributed by atoms with Gasteiger partial charge in [-0.3, -0.25) is 9.59 Å². The zero-order valence-corrected chi connectivity index (χ0v) is 15.4. The summed E-state index contributed by atoms with van der Waals surface area (Å²) in [6.07, 6.45) is 1.28. The molecule has 1 aliphatic heterocycles. The number of carbonyl (C=O) groups is 2. The molecule has 2 N–H and O–H groups in total. The van der Waals surface area contributed by atoms with Crippen molar-refractivity contribution in [3.05, 3.63) is 28.8 Å². The molecular formula is C19H27N3O2. The molecule has 0 saturated carbocycles. The number of nitrogens with one attached hydrogen (secondary N) is 2. The molecule has 0 bridgehead atoms. The van der Waals surface area contributed by atoms with Gasteiger partial charge in [-0.2, -0.15) is 5.10 Å². The van der Waals surface area contributed by atoms with E-state index in [1.807, 2.05) is 0 Å². The molecule has 2 rings (SSSR count). The van der Waals surface area contributed by atoms with Crippen molar-refractivity contribution in [3.8, 4) is 0 Å². The molecule has 24 heavy (non-hydrogen) atoms. The van der Waals surface area contributed by atoms with Gasteiger partial charge >= 0.3 is 0 Å². The van der Waals surface area contributed by atoms with E-state index < -0.39 is 0 Å². The van der Waals surface area contributed by atoms with E-state index in [1.54, 1.807) is 0 Å². The van der Waals surface area contributed by atoms with Crippen LogP contribution in [0.1, 0.15) is 64.7 Å². The number of hydrogen-bond donors (Lipinski definition) is 2. The maximum Gasteiger partial charge on any atom is 0.236 e. The van der Waals surface area contributed by atoms with Gasteiger partial charge in [-0.1, -0.05) is 34.6 Å². The summed E-state index contributed by atoms with van der Waals surface area (Å²) in [4.78, 5) is 23.3. The predicted octanol–water partition coefficient (Wildman–Crippen LogP) is 3.37. The summed E-state index contributed by atoms with van der Waals surface area (Å²) in [5, 5.41) is 7.34. The van der Waals surface area contributed by atoms with E-state index in [0.29, 0.717) is 6.42 Å². The third-order valence-electron chi connectivity index (χ3n) is 4.37. The number of hydrogen-bond acceptors (Lipinski definition) is 3. The number of hydrazone groups is 1. The van der Waals surface area contributed by atoms with Crippen molar-refractivity contribution in [2.24, 2.45) is 11.0 Å². The van der Waals surface area contributed by atoms with Gasteiger partial charge in [0.05, 0.1) is 5.71 Å². The molecule has 1 heterocycles. The predicted molar refractivity (Wildman–Crippen MR) is 97.3 cm³/mol. The summed E-state index contributed by atoms with van der Waals surface area (Å²) in [5.74, 6) is 0.0428. The Morgan fingerprint density at radius 3 is 2.58 bits per heavy atom. The molecule has 0 unspecified atom stereocenters. The van der Waals surface area contributed by atoms with Crippen molar-refractivity contribution in [1.82, 2.24) is 5.43 Å². The van der Waals surface area contributed by atoms with Crippen LogP contribution in [0.2, 0.25) is 0 Å². The van der Waals surface area contributed by atoms with E-state index in [1.165, 1.54) is 6.92 Å². The molecule has 0 fully saturated rings. The van der Waals surface area contributed by atoms with Crippen molar-refractivity contribution < 1.29 is 9.59 Å². The number of rotatable bonds is 4. The average Bonchev–Trinajstić information content (AvgIpc) is 2.45. The number of amides is 2. The zero-order chi connectivity index (χ0) is 18.1. The van der Waals surface area contributed by atoms with Gasteiger partial charge < -0.3 is 5.32 Å². The molecule has 5 heteroatoms. The highest BCUT2D eigenvalue weighted by molar-refractivity contribution is 6.04. The lowest BCUT2D eigenvalue weighted by Gasteiger charge is -2.34. The topological polar surface area (TPSA) is 70.6 Å². The molecule has 1 aliphatic rings. The maximum absolute atomic E-state index is 12.0. The Hall–Kier alpha value is -2.17. The van der Waals surface area contributed by atoms with Crippen LogP contribution in [0.3, 0.4) is 0 Å². The first kappa shape index (κ1) is 18.2. The van der Waals surface area contributed by atoms with Gasteiger partial charge in [-0.05, 0) is 41.2 Å². The summed E-state index contributed by atoms with van der Waals surface area (Å²) in [6, 6.07) is 4.18. The normalized spacial score (nSPS) is 16.6. The number of carbonyl (C=O) groups excluding carboxylic acids is 2. The monoisotopic (exact) mass is 329 g/mol. The molecule has 0 atom stereocenters. The summed E-state index contributed by atoms with van der Waals surface area (Å²) >= 11 is 0. The van der Waals surface area contributed by atoms with Gasteiger partial charge in [0.1, 0.15) is 0 Å². The lowest BCUT2D eigenvalue weighted by atomic mass is 9.75. The zero-order valence-electron chi connectivity index (χ0n) is 15.4. The molecule has 0 aliphatic carbocycles. The molecule has 1 aromatic rings. The molecule has 1 aromatic carbocycles. The van der Waals surface area contributed by atoms with Crippen molar-refractivity contribution in [3.63, 3.8) is 0 Å². The van der Waals surface area contributed by atoms with Gasteiger partial charge in [0, 0.05) is 24.4 Å². The third kappa shape index (κ3) is 3.66. The molecule has 0 spiro atoms. The SMILES string of the molecule is CCc1cc(/C(=N/NC(C)=O)C(C)C)cc2c1NC(=O)CC2(C)C. The minimum absolute atomic E-state index is 0.0611. The fraction of sp³-hybridized carbons (Fsp3) is 0.526.